The number of hydrogen-bond acceptors (Lipinski definition) is 2. The molecule has 0 aromatic heterocycles. The van der Waals surface area contributed by atoms with Gasteiger partial charge in [-0.15, -0.1) is 0 Å². The maximum atomic E-state index is 6.36. The molecule has 1 saturated carbocycles. The number of nitrogens with two attached hydrogens (primary N) is 1. The fraction of sp³-hybridized carbons (Fsp3) is 1.00. The first-order valence-electron chi connectivity index (χ1n) is 7.28. The number of hydrogen-bond donors (Lipinski definition) is 1. The lowest BCUT2D eigenvalue weighted by Crippen LogP contribution is -2.54. The van der Waals surface area contributed by atoms with E-state index < -0.39 is 0 Å². The summed E-state index contributed by atoms with van der Waals surface area (Å²) in [5, 5.41) is 0. The van der Waals surface area contributed by atoms with E-state index in [0.717, 1.165) is 12.5 Å². The second kappa shape index (κ2) is 5.71. The minimum absolute atomic E-state index is 0.371. The van der Waals surface area contributed by atoms with Crippen molar-refractivity contribution in [2.24, 2.45) is 17.1 Å². The van der Waals surface area contributed by atoms with E-state index in [-0.39, 0.29) is 0 Å². The largest absolute Gasteiger partial charge is 0.326 e. The molecule has 2 N–H and O–H groups in total. The molecule has 0 aromatic carbocycles. The Kier molecular flexibility index (Phi) is 5.03. The zero-order chi connectivity index (χ0) is 13.2. The second-order valence-corrected chi connectivity index (χ2v) is 7.03. The smallest absolute Gasteiger partial charge is 0.0252 e. The van der Waals surface area contributed by atoms with Crippen molar-refractivity contribution in [3.8, 4) is 0 Å². The van der Waals surface area contributed by atoms with E-state index >= 15 is 0 Å². The predicted octanol–water partition coefficient (Wildman–Crippen LogP) is 3.26. The van der Waals surface area contributed by atoms with Crippen LogP contribution in [0.1, 0.15) is 60.8 Å². The van der Waals surface area contributed by atoms with Crippen LogP contribution in [-0.4, -0.2) is 29.6 Å². The molecule has 0 bridgehead atoms. The average molecular weight is 240 g/mol. The van der Waals surface area contributed by atoms with Crippen LogP contribution in [0.5, 0.6) is 0 Å². The molecule has 1 aliphatic rings. The third-order valence-corrected chi connectivity index (χ3v) is 4.55. The molecule has 3 unspecified atom stereocenters. The second-order valence-electron chi connectivity index (χ2n) is 7.03. The van der Waals surface area contributed by atoms with Gasteiger partial charge in [0.15, 0.2) is 0 Å². The molecular formula is C15H32N2. The van der Waals surface area contributed by atoms with Crippen LogP contribution >= 0.6 is 0 Å². The van der Waals surface area contributed by atoms with Gasteiger partial charge >= 0.3 is 0 Å². The molecule has 1 rings (SSSR count). The molecule has 2 heteroatoms. The summed E-state index contributed by atoms with van der Waals surface area (Å²) in [4.78, 5) is 2.59. The summed E-state index contributed by atoms with van der Waals surface area (Å²) in [5.74, 6) is 0.820. The van der Waals surface area contributed by atoms with Gasteiger partial charge in [0.05, 0.1) is 0 Å². The maximum Gasteiger partial charge on any atom is 0.0252 e. The molecule has 0 aromatic rings. The summed E-state index contributed by atoms with van der Waals surface area (Å²) >= 11 is 0. The molecule has 0 radical (unpaired) electrons. The van der Waals surface area contributed by atoms with Crippen molar-refractivity contribution >= 4 is 0 Å². The van der Waals surface area contributed by atoms with Crippen LogP contribution in [0.15, 0.2) is 0 Å². The van der Waals surface area contributed by atoms with Crippen LogP contribution in [0.4, 0.5) is 0 Å². The van der Waals surface area contributed by atoms with Crippen molar-refractivity contribution in [1.82, 2.24) is 4.90 Å². The summed E-state index contributed by atoms with van der Waals surface area (Å²) in [6, 6.07) is 1.56. The molecule has 17 heavy (non-hydrogen) atoms. The quantitative estimate of drug-likeness (QED) is 0.820. The van der Waals surface area contributed by atoms with Crippen molar-refractivity contribution < 1.29 is 0 Å². The minimum Gasteiger partial charge on any atom is -0.326 e. The van der Waals surface area contributed by atoms with Crippen LogP contribution in [0.2, 0.25) is 0 Å². The van der Waals surface area contributed by atoms with Crippen LogP contribution in [0.25, 0.3) is 0 Å². The molecule has 0 saturated heterocycles. The van der Waals surface area contributed by atoms with E-state index in [2.05, 4.69) is 46.4 Å². The highest BCUT2D eigenvalue weighted by Gasteiger charge is 2.37. The molecular weight excluding hydrogens is 208 g/mol. The van der Waals surface area contributed by atoms with E-state index in [9.17, 15) is 0 Å². The molecule has 0 amide bonds. The first-order valence-corrected chi connectivity index (χ1v) is 7.28. The first-order chi connectivity index (χ1) is 7.77. The van der Waals surface area contributed by atoms with Gasteiger partial charge in [-0.3, -0.25) is 4.90 Å². The highest BCUT2D eigenvalue weighted by Crippen LogP contribution is 2.39. The predicted molar refractivity (Wildman–Crippen MR) is 76.1 cm³/mol. The fourth-order valence-corrected chi connectivity index (χ4v) is 3.32. The Balaban J connectivity index is 2.75. The summed E-state index contributed by atoms with van der Waals surface area (Å²) < 4.78 is 0. The zero-order valence-electron chi connectivity index (χ0n) is 12.7. The van der Waals surface area contributed by atoms with E-state index in [1.165, 1.54) is 19.3 Å². The Morgan fingerprint density at radius 1 is 1.24 bits per heavy atom. The lowest BCUT2D eigenvalue weighted by atomic mass is 9.69. The normalized spacial score (nSPS) is 31.2. The SMILES string of the molecule is CCN(C(C)C)C1CC(C(C)(C)C)CCC1N. The van der Waals surface area contributed by atoms with Gasteiger partial charge in [0.25, 0.3) is 0 Å². The standard InChI is InChI=1S/C15H32N2/c1-7-17(11(2)3)14-10-12(15(4,5)6)8-9-13(14)16/h11-14H,7-10,16H2,1-6H3. The number of nitrogens with zero attached hydrogens (tertiary/aromatic N) is 1. The van der Waals surface area contributed by atoms with E-state index in [0.29, 0.717) is 23.5 Å². The summed E-state index contributed by atoms with van der Waals surface area (Å²) in [7, 11) is 0. The Labute approximate surface area is 108 Å². The third kappa shape index (κ3) is 3.69. The Hall–Kier alpha value is -0.0800. The van der Waals surface area contributed by atoms with Gasteiger partial charge in [0.1, 0.15) is 0 Å². The van der Waals surface area contributed by atoms with Gasteiger partial charge < -0.3 is 5.73 Å². The van der Waals surface area contributed by atoms with Crippen LogP contribution < -0.4 is 5.73 Å². The van der Waals surface area contributed by atoms with Crippen LogP contribution in [-0.2, 0) is 0 Å². The number of likely N-dealkylation sites (N-methyl/N-ethyl adjacent to an activating group) is 1. The van der Waals surface area contributed by atoms with Crippen molar-refractivity contribution in [2.45, 2.75) is 78.9 Å². The summed E-state index contributed by atoms with van der Waals surface area (Å²) in [5.41, 5.74) is 6.78. The molecule has 1 fully saturated rings. The average Bonchev–Trinajstić information content (AvgIpc) is 2.19. The number of rotatable bonds is 3. The van der Waals surface area contributed by atoms with Crippen molar-refractivity contribution in [2.75, 3.05) is 6.54 Å². The topological polar surface area (TPSA) is 29.3 Å². The molecule has 3 atom stereocenters. The van der Waals surface area contributed by atoms with E-state index in [1.54, 1.807) is 0 Å². The third-order valence-electron chi connectivity index (χ3n) is 4.55. The van der Waals surface area contributed by atoms with Gasteiger partial charge in [-0.05, 0) is 51.0 Å². The molecule has 102 valence electrons. The first kappa shape index (κ1) is 15.0. The van der Waals surface area contributed by atoms with Gasteiger partial charge in [-0.2, -0.15) is 0 Å². The molecule has 0 spiro atoms. The monoisotopic (exact) mass is 240 g/mol. The Bertz CT molecular complexity index is 230. The van der Waals surface area contributed by atoms with E-state index in [1.807, 2.05) is 0 Å². The van der Waals surface area contributed by atoms with Gasteiger partial charge in [-0.1, -0.05) is 27.7 Å². The van der Waals surface area contributed by atoms with E-state index in [4.69, 9.17) is 5.73 Å². The highest BCUT2D eigenvalue weighted by atomic mass is 15.2. The van der Waals surface area contributed by atoms with Gasteiger partial charge in [-0.25, -0.2) is 0 Å². The summed E-state index contributed by atoms with van der Waals surface area (Å²) in [6.07, 6.45) is 3.77. The minimum atomic E-state index is 0.371. The van der Waals surface area contributed by atoms with Crippen molar-refractivity contribution in [3.63, 3.8) is 0 Å². The zero-order valence-corrected chi connectivity index (χ0v) is 12.7. The van der Waals surface area contributed by atoms with Crippen molar-refractivity contribution in [3.05, 3.63) is 0 Å². The molecule has 0 heterocycles. The highest BCUT2D eigenvalue weighted by molar-refractivity contribution is 4.93. The lowest BCUT2D eigenvalue weighted by Gasteiger charge is -2.46. The maximum absolute atomic E-state index is 6.36. The molecule has 0 aliphatic heterocycles. The van der Waals surface area contributed by atoms with Crippen molar-refractivity contribution in [1.29, 1.82) is 0 Å². The molecule has 1 aliphatic carbocycles. The lowest BCUT2D eigenvalue weighted by molar-refractivity contribution is 0.0546. The Morgan fingerprint density at radius 3 is 2.24 bits per heavy atom. The van der Waals surface area contributed by atoms with Gasteiger partial charge in [0.2, 0.25) is 0 Å². The Morgan fingerprint density at radius 2 is 1.82 bits per heavy atom. The van der Waals surface area contributed by atoms with Crippen LogP contribution in [0, 0.1) is 11.3 Å². The summed E-state index contributed by atoms with van der Waals surface area (Å²) in [6.45, 7) is 15.1. The molecule has 2 nitrogen and oxygen atoms in total. The van der Waals surface area contributed by atoms with Gasteiger partial charge in [0, 0.05) is 18.1 Å². The fourth-order valence-electron chi connectivity index (χ4n) is 3.32. The van der Waals surface area contributed by atoms with Crippen LogP contribution in [0.3, 0.4) is 0 Å².